The molecule has 0 saturated heterocycles. The molecule has 6 nitrogen and oxygen atoms in total. The van der Waals surface area contributed by atoms with Crippen molar-refractivity contribution in [1.82, 2.24) is 9.84 Å². The summed E-state index contributed by atoms with van der Waals surface area (Å²) in [4.78, 5) is 0.984. The standard InChI is InChI=1S/C16H25F2N5OS/c17-16(18)7-5-12(6-8-16)11-23(20)22-15(19)13-1-3-14(4-2-13)25-21-9-10-24/h1-4,12,21,24H,5-11,20H2,(H2,19,22). The van der Waals surface area contributed by atoms with Gasteiger partial charge >= 0.3 is 0 Å². The lowest BCUT2D eigenvalue weighted by atomic mass is 9.87. The number of hydrazone groups is 1. The zero-order chi connectivity index (χ0) is 18.3. The zero-order valence-electron chi connectivity index (χ0n) is 14.0. The second-order valence-electron chi connectivity index (χ2n) is 6.15. The molecule has 1 aliphatic rings. The lowest BCUT2D eigenvalue weighted by molar-refractivity contribution is -0.0489. The van der Waals surface area contributed by atoms with E-state index in [9.17, 15) is 8.78 Å². The second-order valence-corrected chi connectivity index (χ2v) is 7.12. The molecule has 2 rings (SSSR count). The first-order chi connectivity index (χ1) is 11.9. The van der Waals surface area contributed by atoms with Gasteiger partial charge in [0.05, 0.1) is 13.2 Å². The predicted octanol–water partition coefficient (Wildman–Crippen LogP) is 1.90. The third-order valence-electron chi connectivity index (χ3n) is 4.07. The molecule has 1 aromatic rings. The maximum absolute atomic E-state index is 13.2. The van der Waals surface area contributed by atoms with Crippen LogP contribution in [0.1, 0.15) is 31.2 Å². The van der Waals surface area contributed by atoms with Crippen LogP contribution in [0, 0.1) is 5.92 Å². The molecular weight excluding hydrogens is 348 g/mol. The van der Waals surface area contributed by atoms with Crippen LogP contribution >= 0.6 is 11.9 Å². The van der Waals surface area contributed by atoms with E-state index in [1.165, 1.54) is 17.1 Å². The number of halogens is 2. The molecule has 0 amide bonds. The van der Waals surface area contributed by atoms with Crippen LogP contribution in [0.4, 0.5) is 8.78 Å². The predicted molar refractivity (Wildman–Crippen MR) is 95.9 cm³/mol. The van der Waals surface area contributed by atoms with Gasteiger partial charge < -0.3 is 10.8 Å². The summed E-state index contributed by atoms with van der Waals surface area (Å²) in [7, 11) is 0. The van der Waals surface area contributed by atoms with Gasteiger partial charge in [0.25, 0.3) is 0 Å². The summed E-state index contributed by atoms with van der Waals surface area (Å²) in [6, 6.07) is 7.43. The third-order valence-corrected chi connectivity index (χ3v) is 4.93. The van der Waals surface area contributed by atoms with Gasteiger partial charge in [-0.2, -0.15) is 0 Å². The number of nitrogens with one attached hydrogen (secondary N) is 1. The highest BCUT2D eigenvalue weighted by molar-refractivity contribution is 7.97. The molecule has 0 radical (unpaired) electrons. The summed E-state index contributed by atoms with van der Waals surface area (Å²) in [5.74, 6) is 3.71. The van der Waals surface area contributed by atoms with E-state index in [0.29, 0.717) is 25.9 Å². The molecule has 0 spiro atoms. The van der Waals surface area contributed by atoms with Crippen molar-refractivity contribution in [2.45, 2.75) is 36.5 Å². The molecule has 1 saturated carbocycles. The largest absolute Gasteiger partial charge is 0.395 e. The highest BCUT2D eigenvalue weighted by Gasteiger charge is 2.35. The Morgan fingerprint density at radius 2 is 1.96 bits per heavy atom. The summed E-state index contributed by atoms with van der Waals surface area (Å²) >= 11 is 1.42. The number of benzene rings is 1. The maximum atomic E-state index is 13.2. The zero-order valence-corrected chi connectivity index (χ0v) is 14.8. The summed E-state index contributed by atoms with van der Waals surface area (Å²) in [5, 5.41) is 14.1. The highest BCUT2D eigenvalue weighted by atomic mass is 32.2. The number of hydrogen-bond donors (Lipinski definition) is 4. The molecule has 0 bridgehead atoms. The van der Waals surface area contributed by atoms with Crippen molar-refractivity contribution in [2.75, 3.05) is 19.7 Å². The van der Waals surface area contributed by atoms with Crippen LogP contribution in [0.3, 0.4) is 0 Å². The first-order valence-corrected chi connectivity index (χ1v) is 9.06. The van der Waals surface area contributed by atoms with Crippen LogP contribution in [0.25, 0.3) is 0 Å². The van der Waals surface area contributed by atoms with Gasteiger partial charge in [-0.1, -0.05) is 12.1 Å². The van der Waals surface area contributed by atoms with Crippen molar-refractivity contribution in [3.63, 3.8) is 0 Å². The molecule has 9 heteroatoms. The number of nitrogens with zero attached hydrogens (tertiary/aromatic N) is 2. The molecule has 1 fully saturated rings. The van der Waals surface area contributed by atoms with Crippen LogP contribution < -0.4 is 16.3 Å². The second kappa shape index (κ2) is 9.33. The fourth-order valence-electron chi connectivity index (χ4n) is 2.66. The molecule has 140 valence electrons. The smallest absolute Gasteiger partial charge is 0.248 e. The van der Waals surface area contributed by atoms with Crippen LogP contribution in [0.15, 0.2) is 34.3 Å². The van der Waals surface area contributed by atoms with Crippen molar-refractivity contribution in [3.8, 4) is 0 Å². The molecule has 6 N–H and O–H groups in total. The van der Waals surface area contributed by atoms with Gasteiger partial charge in [0.2, 0.25) is 5.92 Å². The minimum Gasteiger partial charge on any atom is -0.395 e. The van der Waals surface area contributed by atoms with Gasteiger partial charge in [-0.15, -0.1) is 5.10 Å². The topological polar surface area (TPSA) is 99.9 Å². The molecule has 0 aliphatic heterocycles. The Bertz CT molecular complexity index is 560. The van der Waals surface area contributed by atoms with E-state index in [1.807, 2.05) is 24.3 Å². The van der Waals surface area contributed by atoms with Crippen LogP contribution in [-0.4, -0.2) is 41.7 Å². The number of aliphatic hydroxyl groups is 1. The van der Waals surface area contributed by atoms with E-state index < -0.39 is 5.92 Å². The number of aliphatic hydroxyl groups excluding tert-OH is 1. The minimum absolute atomic E-state index is 0.0790. The normalized spacial score (nSPS) is 18.3. The number of amidine groups is 1. The average molecular weight is 373 g/mol. The van der Waals surface area contributed by atoms with E-state index in [1.54, 1.807) is 0 Å². The van der Waals surface area contributed by atoms with E-state index >= 15 is 0 Å². The van der Waals surface area contributed by atoms with Crippen LogP contribution in [0.5, 0.6) is 0 Å². The van der Waals surface area contributed by atoms with Gasteiger partial charge in [-0.3, -0.25) is 4.72 Å². The highest BCUT2D eigenvalue weighted by Crippen LogP contribution is 2.36. The van der Waals surface area contributed by atoms with Gasteiger partial charge in [-0.25, -0.2) is 19.7 Å². The van der Waals surface area contributed by atoms with E-state index in [4.69, 9.17) is 16.7 Å². The molecule has 0 unspecified atom stereocenters. The Hall–Kier alpha value is -1.42. The first kappa shape index (κ1) is 19.9. The van der Waals surface area contributed by atoms with E-state index in [2.05, 4.69) is 9.82 Å². The minimum atomic E-state index is -2.54. The lowest BCUT2D eigenvalue weighted by Crippen LogP contribution is -2.36. The molecule has 0 aromatic heterocycles. The molecule has 0 atom stereocenters. The fourth-order valence-corrected chi connectivity index (χ4v) is 3.29. The quantitative estimate of drug-likeness (QED) is 0.139. The van der Waals surface area contributed by atoms with Crippen molar-refractivity contribution in [1.29, 1.82) is 0 Å². The van der Waals surface area contributed by atoms with Gasteiger partial charge in [-0.05, 0) is 42.8 Å². The van der Waals surface area contributed by atoms with E-state index in [-0.39, 0.29) is 31.2 Å². The molecular formula is C16H25F2N5OS. The Morgan fingerprint density at radius 3 is 2.56 bits per heavy atom. The number of hydrogen-bond acceptors (Lipinski definition) is 6. The van der Waals surface area contributed by atoms with Crippen molar-refractivity contribution in [3.05, 3.63) is 29.8 Å². The Kier molecular flexibility index (Phi) is 7.42. The van der Waals surface area contributed by atoms with Crippen molar-refractivity contribution < 1.29 is 13.9 Å². The fraction of sp³-hybridized carbons (Fsp3) is 0.562. The lowest BCUT2D eigenvalue weighted by Gasteiger charge is -2.29. The third kappa shape index (κ3) is 6.77. The Labute approximate surface area is 150 Å². The Balaban J connectivity index is 1.85. The van der Waals surface area contributed by atoms with Gasteiger partial charge in [0.15, 0.2) is 5.84 Å². The first-order valence-electron chi connectivity index (χ1n) is 8.25. The summed E-state index contributed by atoms with van der Waals surface area (Å²) in [5.41, 5.74) is 6.70. The van der Waals surface area contributed by atoms with Gasteiger partial charge in [0.1, 0.15) is 0 Å². The molecule has 1 aromatic carbocycles. The number of rotatable bonds is 8. The number of alkyl halides is 2. The van der Waals surface area contributed by atoms with Gasteiger partial charge in [0, 0.05) is 29.8 Å². The molecule has 1 aliphatic carbocycles. The average Bonchev–Trinajstić information content (AvgIpc) is 2.57. The monoisotopic (exact) mass is 373 g/mol. The van der Waals surface area contributed by atoms with E-state index in [0.717, 1.165) is 10.5 Å². The number of hydrazine groups is 1. The summed E-state index contributed by atoms with van der Waals surface area (Å²) < 4.78 is 29.3. The van der Waals surface area contributed by atoms with Crippen molar-refractivity contribution >= 4 is 17.8 Å². The van der Waals surface area contributed by atoms with Crippen molar-refractivity contribution in [2.24, 2.45) is 22.6 Å². The molecule has 0 heterocycles. The number of nitrogens with two attached hydrogens (primary N) is 2. The molecule has 25 heavy (non-hydrogen) atoms. The summed E-state index contributed by atoms with van der Waals surface area (Å²) in [6.45, 7) is 0.997. The SMILES string of the molecule is N/C(=N\N(N)CC1CCC(F)(F)CC1)c1ccc(SNCCO)cc1. The van der Waals surface area contributed by atoms with Crippen LogP contribution in [-0.2, 0) is 0 Å². The van der Waals surface area contributed by atoms with Crippen LogP contribution in [0.2, 0.25) is 0 Å². The Morgan fingerprint density at radius 1 is 1.32 bits per heavy atom. The summed E-state index contributed by atoms with van der Waals surface area (Å²) in [6.07, 6.45) is 0.716. The maximum Gasteiger partial charge on any atom is 0.248 e.